The Hall–Kier alpha value is -3.24. The van der Waals surface area contributed by atoms with Crippen LogP contribution in [0.4, 0.5) is 8.78 Å². The van der Waals surface area contributed by atoms with Gasteiger partial charge in [0.1, 0.15) is 6.29 Å². The van der Waals surface area contributed by atoms with Crippen molar-refractivity contribution in [1.29, 1.82) is 0 Å². The minimum Gasteiger partial charge on any atom is -0.365 e. The average Bonchev–Trinajstić information content (AvgIpc) is 3.55. The third kappa shape index (κ3) is 9.94. The molecule has 10 heteroatoms. The van der Waals surface area contributed by atoms with E-state index < -0.39 is 11.8 Å². The predicted molar refractivity (Wildman–Crippen MR) is 164 cm³/mol. The molecule has 42 heavy (non-hydrogen) atoms. The van der Waals surface area contributed by atoms with Gasteiger partial charge in [-0.2, -0.15) is 0 Å². The Bertz CT molecular complexity index is 1290. The SMILES string of the molecule is CC(CCCC=O)CC1CCCN1C.CC(F)(F)c1ccc2sc(C(N)=O)cc2c1.O=CN1CC(c2cccnc2)C1. The number of carbonyl (C=O) groups excluding carboxylic acids is 3. The number of rotatable bonds is 10. The lowest BCUT2D eigenvalue weighted by atomic mass is 9.94. The molecule has 0 bridgehead atoms. The number of thiophene rings is 1. The van der Waals surface area contributed by atoms with E-state index >= 15 is 0 Å². The summed E-state index contributed by atoms with van der Waals surface area (Å²) in [5, 5.41) is 0.623. The lowest BCUT2D eigenvalue weighted by molar-refractivity contribution is -0.122. The summed E-state index contributed by atoms with van der Waals surface area (Å²) >= 11 is 1.21. The maximum Gasteiger partial charge on any atom is 0.270 e. The first-order chi connectivity index (χ1) is 20.0. The summed E-state index contributed by atoms with van der Waals surface area (Å²) in [6.07, 6.45) is 12.6. The Kier molecular flexibility index (Phi) is 12.5. The van der Waals surface area contributed by atoms with Gasteiger partial charge in [0.15, 0.2) is 0 Å². The number of benzene rings is 1. The number of unbranched alkanes of at least 4 members (excludes halogenated alkanes) is 1. The van der Waals surface area contributed by atoms with E-state index in [0.717, 1.165) is 62.2 Å². The summed E-state index contributed by atoms with van der Waals surface area (Å²) in [7, 11) is 2.23. The Morgan fingerprint density at radius 1 is 1.24 bits per heavy atom. The normalized spacial score (nSPS) is 17.8. The van der Waals surface area contributed by atoms with E-state index in [0.29, 0.717) is 16.2 Å². The molecule has 2 amide bonds. The zero-order chi connectivity index (χ0) is 30.7. The number of hydrogen-bond donors (Lipinski definition) is 1. The number of nitrogens with zero attached hydrogens (tertiary/aromatic N) is 3. The number of halogens is 2. The maximum atomic E-state index is 13.1. The molecule has 2 unspecified atom stereocenters. The number of primary amides is 1. The molecule has 0 radical (unpaired) electrons. The number of nitrogens with two attached hydrogens (primary N) is 1. The number of hydrogen-bond acceptors (Lipinski definition) is 6. The maximum absolute atomic E-state index is 13.1. The van der Waals surface area contributed by atoms with Gasteiger partial charge in [-0.3, -0.25) is 14.6 Å². The van der Waals surface area contributed by atoms with Crippen LogP contribution in [0.25, 0.3) is 10.1 Å². The largest absolute Gasteiger partial charge is 0.365 e. The quantitative estimate of drug-likeness (QED) is 0.220. The Labute approximate surface area is 251 Å². The molecule has 3 aromatic rings. The molecular weight excluding hydrogens is 558 g/mol. The van der Waals surface area contributed by atoms with Crippen molar-refractivity contribution in [3.63, 3.8) is 0 Å². The van der Waals surface area contributed by atoms with E-state index in [1.54, 1.807) is 17.2 Å². The molecule has 2 aromatic heterocycles. The number of carbonyl (C=O) groups is 3. The van der Waals surface area contributed by atoms with Crippen LogP contribution in [0.2, 0.25) is 0 Å². The van der Waals surface area contributed by atoms with Crippen LogP contribution in [0.3, 0.4) is 0 Å². The van der Waals surface area contributed by atoms with Crippen molar-refractivity contribution in [1.82, 2.24) is 14.8 Å². The summed E-state index contributed by atoms with van der Waals surface area (Å²) in [5.41, 5.74) is 6.30. The molecule has 0 aliphatic carbocycles. The van der Waals surface area contributed by atoms with Crippen molar-refractivity contribution in [3.05, 3.63) is 64.8 Å². The van der Waals surface area contributed by atoms with Crippen LogP contribution in [-0.2, 0) is 15.5 Å². The molecule has 1 aromatic carbocycles. The van der Waals surface area contributed by atoms with Gasteiger partial charge in [0, 0.05) is 61.1 Å². The number of amides is 2. The van der Waals surface area contributed by atoms with Crippen molar-refractivity contribution in [3.8, 4) is 0 Å². The number of fused-ring (bicyclic) bond motifs is 1. The third-order valence-electron chi connectivity index (χ3n) is 7.85. The van der Waals surface area contributed by atoms with Crippen LogP contribution in [0.15, 0.2) is 48.8 Å². The highest BCUT2D eigenvalue weighted by Gasteiger charge is 2.27. The highest BCUT2D eigenvalue weighted by molar-refractivity contribution is 7.20. The van der Waals surface area contributed by atoms with Gasteiger partial charge >= 0.3 is 0 Å². The number of aromatic nitrogens is 1. The zero-order valence-corrected chi connectivity index (χ0v) is 25.5. The van der Waals surface area contributed by atoms with Crippen molar-refractivity contribution in [2.24, 2.45) is 11.7 Å². The van der Waals surface area contributed by atoms with Gasteiger partial charge in [-0.25, -0.2) is 8.78 Å². The summed E-state index contributed by atoms with van der Waals surface area (Å²) in [4.78, 5) is 40.0. The number of aldehydes is 1. The second-order valence-electron chi connectivity index (χ2n) is 11.4. The summed E-state index contributed by atoms with van der Waals surface area (Å²) < 4.78 is 26.9. The average molecular weight is 601 g/mol. The van der Waals surface area contributed by atoms with E-state index in [1.807, 2.05) is 12.3 Å². The fraction of sp³-hybridized carbons (Fsp3) is 0.500. The van der Waals surface area contributed by atoms with Gasteiger partial charge in [0.05, 0.1) is 4.88 Å². The highest BCUT2D eigenvalue weighted by Crippen LogP contribution is 2.33. The van der Waals surface area contributed by atoms with E-state index in [9.17, 15) is 23.2 Å². The molecule has 2 fully saturated rings. The Morgan fingerprint density at radius 2 is 2.00 bits per heavy atom. The molecule has 5 rings (SSSR count). The second kappa shape index (κ2) is 15.8. The Morgan fingerprint density at radius 3 is 2.57 bits per heavy atom. The fourth-order valence-corrected chi connectivity index (χ4v) is 6.17. The van der Waals surface area contributed by atoms with Gasteiger partial charge in [-0.05, 0) is 80.4 Å². The summed E-state index contributed by atoms with van der Waals surface area (Å²) in [6.45, 7) is 6.11. The van der Waals surface area contributed by atoms with Crippen molar-refractivity contribution in [2.45, 2.75) is 70.3 Å². The van der Waals surface area contributed by atoms with Crippen LogP contribution in [0.5, 0.6) is 0 Å². The predicted octanol–water partition coefficient (Wildman–Crippen LogP) is 6.23. The second-order valence-corrected chi connectivity index (χ2v) is 12.5. The van der Waals surface area contributed by atoms with Crippen LogP contribution in [0.1, 0.15) is 79.1 Å². The highest BCUT2D eigenvalue weighted by atomic mass is 32.1. The minimum atomic E-state index is -2.87. The standard InChI is InChI=1S/C12H23NO.C11H9F2NOS.C9H10N2O/c1-11(6-3-4-9-14)10-12-7-5-8-13(12)2;1-11(12,13)7-2-3-8-6(4-7)5-9(16-8)10(14)15;12-7-11-5-9(6-11)8-2-1-3-10-4-8/h9,11-12H,3-8,10H2,1-2H3;2-5H,1H3,(H2,14,15);1-4,7,9H,5-6H2. The monoisotopic (exact) mass is 600 g/mol. The molecule has 0 spiro atoms. The first-order valence-corrected chi connectivity index (χ1v) is 15.3. The number of likely N-dealkylation sites (tertiary alicyclic amines) is 2. The molecular formula is C32H42F2N4O3S. The van der Waals surface area contributed by atoms with E-state index in [-0.39, 0.29) is 5.56 Å². The van der Waals surface area contributed by atoms with Crippen molar-refractivity contribution in [2.75, 3.05) is 26.7 Å². The van der Waals surface area contributed by atoms with E-state index in [1.165, 1.54) is 67.3 Å². The minimum absolute atomic E-state index is 0.0613. The van der Waals surface area contributed by atoms with Crippen molar-refractivity contribution >= 4 is 40.0 Å². The molecule has 2 atom stereocenters. The van der Waals surface area contributed by atoms with Gasteiger partial charge < -0.3 is 20.3 Å². The molecule has 2 N–H and O–H groups in total. The van der Waals surface area contributed by atoms with Gasteiger partial charge in [-0.1, -0.05) is 25.5 Å². The van der Waals surface area contributed by atoms with E-state index in [2.05, 4.69) is 29.9 Å². The smallest absolute Gasteiger partial charge is 0.270 e. The van der Waals surface area contributed by atoms with Crippen LogP contribution >= 0.6 is 11.3 Å². The molecule has 2 saturated heterocycles. The van der Waals surface area contributed by atoms with Crippen molar-refractivity contribution < 1.29 is 23.2 Å². The lowest BCUT2D eigenvalue weighted by Gasteiger charge is -2.36. The molecule has 228 valence electrons. The van der Waals surface area contributed by atoms with Gasteiger partial charge in [-0.15, -0.1) is 11.3 Å². The molecule has 0 saturated carbocycles. The Balaban J connectivity index is 0.000000175. The summed E-state index contributed by atoms with van der Waals surface area (Å²) in [5.74, 6) is -2.13. The fourth-order valence-electron chi connectivity index (χ4n) is 5.27. The first kappa shape index (κ1) is 33.3. The first-order valence-electron chi connectivity index (χ1n) is 14.5. The molecule has 7 nitrogen and oxygen atoms in total. The molecule has 2 aliphatic heterocycles. The zero-order valence-electron chi connectivity index (χ0n) is 24.7. The molecule has 2 aliphatic rings. The number of pyridine rings is 1. The third-order valence-corrected chi connectivity index (χ3v) is 8.98. The topological polar surface area (TPSA) is 96.6 Å². The molecule has 4 heterocycles. The number of alkyl halides is 2. The van der Waals surface area contributed by atoms with Gasteiger partial charge in [0.25, 0.3) is 11.8 Å². The van der Waals surface area contributed by atoms with E-state index in [4.69, 9.17) is 5.73 Å². The van der Waals surface area contributed by atoms with Crippen LogP contribution < -0.4 is 5.73 Å². The van der Waals surface area contributed by atoms with Crippen LogP contribution in [-0.4, -0.2) is 66.1 Å². The van der Waals surface area contributed by atoms with Gasteiger partial charge in [0.2, 0.25) is 6.41 Å². The lowest BCUT2D eigenvalue weighted by Crippen LogP contribution is -2.43. The summed E-state index contributed by atoms with van der Waals surface area (Å²) in [6, 6.07) is 10.7. The van der Waals surface area contributed by atoms with Crippen LogP contribution in [0, 0.1) is 5.92 Å².